The second kappa shape index (κ2) is 6.08. The molecule has 3 N–H and O–H groups in total. The summed E-state index contributed by atoms with van der Waals surface area (Å²) in [4.78, 5) is 22.3. The predicted octanol–water partition coefficient (Wildman–Crippen LogP) is 0.548. The molecule has 0 amide bonds. The van der Waals surface area contributed by atoms with Crippen molar-refractivity contribution in [3.05, 3.63) is 42.0 Å². The van der Waals surface area contributed by atoms with Gasteiger partial charge in [0.2, 0.25) is 0 Å². The van der Waals surface area contributed by atoms with E-state index in [1.54, 1.807) is 6.08 Å². The van der Waals surface area contributed by atoms with Crippen LogP contribution in [-0.4, -0.2) is 29.3 Å². The number of aliphatic hydroxyl groups is 1. The van der Waals surface area contributed by atoms with Gasteiger partial charge in [-0.3, -0.25) is 9.59 Å². The molecule has 17 heavy (non-hydrogen) atoms. The molecule has 0 saturated heterocycles. The molecule has 0 aliphatic heterocycles. The average Bonchev–Trinajstić information content (AvgIpc) is 2.37. The lowest BCUT2D eigenvalue weighted by atomic mass is 9.95. The molecule has 0 spiro atoms. The number of nitrogens with two attached hydrogens (primary N) is 1. The summed E-state index contributed by atoms with van der Waals surface area (Å²) in [5.74, 6) is -0.651. The second-order valence-electron chi connectivity index (χ2n) is 3.69. The highest BCUT2D eigenvalue weighted by Gasteiger charge is 2.32. The van der Waals surface area contributed by atoms with Crippen molar-refractivity contribution in [2.75, 3.05) is 6.54 Å². The van der Waals surface area contributed by atoms with E-state index < -0.39 is 11.4 Å². The average molecular weight is 233 g/mol. The van der Waals surface area contributed by atoms with Crippen molar-refractivity contribution in [3.8, 4) is 0 Å². The predicted molar refractivity (Wildman–Crippen MR) is 65.2 cm³/mol. The van der Waals surface area contributed by atoms with Gasteiger partial charge in [-0.05, 0) is 18.2 Å². The van der Waals surface area contributed by atoms with Crippen LogP contribution in [-0.2, 0) is 9.59 Å². The highest BCUT2D eigenvalue weighted by Crippen LogP contribution is 2.10. The second-order valence-corrected chi connectivity index (χ2v) is 3.69. The van der Waals surface area contributed by atoms with Crippen molar-refractivity contribution in [3.63, 3.8) is 0 Å². The molecule has 1 atom stereocenters. The zero-order valence-corrected chi connectivity index (χ0v) is 9.37. The summed E-state index contributed by atoms with van der Waals surface area (Å²) in [5, 5.41) is 9.72. The van der Waals surface area contributed by atoms with Crippen molar-refractivity contribution in [2.24, 2.45) is 5.73 Å². The van der Waals surface area contributed by atoms with Gasteiger partial charge in [0, 0.05) is 6.42 Å². The summed E-state index contributed by atoms with van der Waals surface area (Å²) in [6.45, 7) is 0.0696. The number of benzene rings is 1. The molecule has 1 unspecified atom stereocenters. The van der Waals surface area contributed by atoms with Gasteiger partial charge < -0.3 is 10.8 Å². The van der Waals surface area contributed by atoms with Crippen LogP contribution >= 0.6 is 0 Å². The summed E-state index contributed by atoms with van der Waals surface area (Å²) < 4.78 is 0. The van der Waals surface area contributed by atoms with Crippen molar-refractivity contribution >= 4 is 18.1 Å². The minimum Gasteiger partial charge on any atom is -0.374 e. The number of ketones is 1. The molecule has 1 aromatic rings. The molecule has 0 bridgehead atoms. The van der Waals surface area contributed by atoms with Gasteiger partial charge in [-0.25, -0.2) is 0 Å². The Labute approximate surface area is 99.8 Å². The lowest BCUT2D eigenvalue weighted by Gasteiger charge is -2.16. The Balaban J connectivity index is 2.78. The summed E-state index contributed by atoms with van der Waals surface area (Å²) >= 11 is 0. The number of aldehydes is 1. The highest BCUT2D eigenvalue weighted by molar-refractivity contribution is 6.09. The van der Waals surface area contributed by atoms with Gasteiger partial charge in [-0.15, -0.1) is 0 Å². The molecule has 1 aromatic carbocycles. The lowest BCUT2D eigenvalue weighted by molar-refractivity contribution is -0.140. The first kappa shape index (κ1) is 13.3. The normalized spacial score (nSPS) is 14.5. The van der Waals surface area contributed by atoms with Crippen molar-refractivity contribution in [1.82, 2.24) is 0 Å². The van der Waals surface area contributed by atoms with E-state index in [1.165, 1.54) is 6.08 Å². The molecule has 4 heteroatoms. The fraction of sp³-hybridized carbons (Fsp3) is 0.231. The Morgan fingerprint density at radius 1 is 1.35 bits per heavy atom. The quantitative estimate of drug-likeness (QED) is 0.427. The fourth-order valence-electron chi connectivity index (χ4n) is 1.34. The van der Waals surface area contributed by atoms with Crippen LogP contribution in [0.2, 0.25) is 0 Å². The van der Waals surface area contributed by atoms with Gasteiger partial charge in [0.05, 0.1) is 0 Å². The van der Waals surface area contributed by atoms with Gasteiger partial charge in [-0.2, -0.15) is 0 Å². The van der Waals surface area contributed by atoms with Crippen LogP contribution in [0.5, 0.6) is 0 Å². The van der Waals surface area contributed by atoms with Crippen LogP contribution in [0.15, 0.2) is 36.4 Å². The maximum Gasteiger partial charge on any atom is 0.194 e. The largest absolute Gasteiger partial charge is 0.374 e. The highest BCUT2D eigenvalue weighted by atomic mass is 16.3. The summed E-state index contributed by atoms with van der Waals surface area (Å²) in [6, 6.07) is 9.14. The minimum atomic E-state index is -2.00. The van der Waals surface area contributed by atoms with E-state index in [2.05, 4.69) is 0 Å². The van der Waals surface area contributed by atoms with E-state index in [-0.39, 0.29) is 19.3 Å². The molecule has 0 aliphatic rings. The van der Waals surface area contributed by atoms with Crippen molar-refractivity contribution < 1.29 is 14.7 Å². The van der Waals surface area contributed by atoms with Crippen LogP contribution < -0.4 is 5.73 Å². The van der Waals surface area contributed by atoms with Crippen LogP contribution in [0.1, 0.15) is 12.0 Å². The lowest BCUT2D eigenvalue weighted by Crippen LogP contribution is -2.41. The number of carbonyl (C=O) groups is 2. The van der Waals surface area contributed by atoms with E-state index in [1.807, 2.05) is 30.3 Å². The van der Waals surface area contributed by atoms with E-state index in [0.29, 0.717) is 0 Å². The first-order valence-electron chi connectivity index (χ1n) is 5.29. The SMILES string of the molecule is NCCC(O)(C=O)C(=O)C=Cc1ccccc1. The van der Waals surface area contributed by atoms with Crippen molar-refractivity contribution in [1.29, 1.82) is 0 Å². The molecular formula is C13H15NO3. The van der Waals surface area contributed by atoms with E-state index in [4.69, 9.17) is 5.73 Å². The van der Waals surface area contributed by atoms with Gasteiger partial charge in [0.15, 0.2) is 17.7 Å². The molecule has 0 radical (unpaired) electrons. The van der Waals surface area contributed by atoms with Crippen LogP contribution in [0.3, 0.4) is 0 Å². The first-order valence-corrected chi connectivity index (χ1v) is 5.29. The van der Waals surface area contributed by atoms with Gasteiger partial charge >= 0.3 is 0 Å². The molecule has 0 aliphatic carbocycles. The molecule has 90 valence electrons. The molecule has 0 saturated carbocycles. The van der Waals surface area contributed by atoms with Gasteiger partial charge in [-0.1, -0.05) is 36.4 Å². The standard InChI is InChI=1S/C13H15NO3/c14-9-8-13(17,10-15)12(16)7-6-11-4-2-1-3-5-11/h1-7,10,17H,8-9,14H2. The van der Waals surface area contributed by atoms with Crippen molar-refractivity contribution in [2.45, 2.75) is 12.0 Å². The number of hydrogen-bond acceptors (Lipinski definition) is 4. The Bertz CT molecular complexity index is 414. The van der Waals surface area contributed by atoms with E-state index in [0.717, 1.165) is 5.56 Å². The molecule has 0 aromatic heterocycles. The van der Waals surface area contributed by atoms with E-state index >= 15 is 0 Å². The van der Waals surface area contributed by atoms with Crippen LogP contribution in [0, 0.1) is 0 Å². The molecule has 4 nitrogen and oxygen atoms in total. The third-order valence-electron chi connectivity index (χ3n) is 2.37. The summed E-state index contributed by atoms with van der Waals surface area (Å²) in [5.41, 5.74) is 4.06. The van der Waals surface area contributed by atoms with Gasteiger partial charge in [0.1, 0.15) is 0 Å². The molecule has 0 heterocycles. The smallest absolute Gasteiger partial charge is 0.194 e. The van der Waals surface area contributed by atoms with Crippen LogP contribution in [0.4, 0.5) is 0 Å². The zero-order chi connectivity index (χ0) is 12.7. The third kappa shape index (κ3) is 3.62. The zero-order valence-electron chi connectivity index (χ0n) is 9.37. The van der Waals surface area contributed by atoms with Crippen LogP contribution in [0.25, 0.3) is 6.08 Å². The molecule has 0 fully saturated rings. The van der Waals surface area contributed by atoms with E-state index in [9.17, 15) is 14.7 Å². The first-order chi connectivity index (χ1) is 8.12. The molecular weight excluding hydrogens is 218 g/mol. The third-order valence-corrected chi connectivity index (χ3v) is 2.37. The maximum absolute atomic E-state index is 11.6. The minimum absolute atomic E-state index is 0.0696. The number of hydrogen-bond donors (Lipinski definition) is 2. The monoisotopic (exact) mass is 233 g/mol. The molecule has 1 rings (SSSR count). The van der Waals surface area contributed by atoms with Gasteiger partial charge in [0.25, 0.3) is 0 Å². The Morgan fingerprint density at radius 2 is 2.00 bits per heavy atom. The summed E-state index contributed by atoms with van der Waals surface area (Å²) in [6.07, 6.45) is 2.90. The number of carbonyl (C=O) groups excluding carboxylic acids is 2. The Kier molecular flexibility index (Phi) is 4.75. The summed E-state index contributed by atoms with van der Waals surface area (Å²) in [7, 11) is 0. The Hall–Kier alpha value is -1.78. The maximum atomic E-state index is 11.6. The topological polar surface area (TPSA) is 80.4 Å². The fourth-order valence-corrected chi connectivity index (χ4v) is 1.34. The number of rotatable bonds is 6. The Morgan fingerprint density at radius 3 is 2.53 bits per heavy atom.